The monoisotopic (exact) mass is 112 g/mol. The molecule has 0 aliphatic carbocycles. The average molecular weight is 112 g/mol. The van der Waals surface area contributed by atoms with Crippen molar-refractivity contribution in [1.82, 2.24) is 5.23 Å². The van der Waals surface area contributed by atoms with Crippen LogP contribution in [0.25, 0.3) is 0 Å². The Hall–Kier alpha value is 0.0249. The zero-order chi connectivity index (χ0) is 6.62. The number of nitrogens with one attached hydrogen (secondary N) is 1. The molecule has 0 spiro atoms. The van der Waals surface area contributed by atoms with Crippen LogP contribution in [0.3, 0.4) is 0 Å². The Morgan fingerprint density at radius 1 is 1.50 bits per heavy atom. The van der Waals surface area contributed by atoms with Crippen molar-refractivity contribution in [3.8, 4) is 0 Å². The summed E-state index contributed by atoms with van der Waals surface area (Å²) in [4.78, 5) is 0. The van der Waals surface area contributed by atoms with Crippen molar-refractivity contribution in [2.75, 3.05) is 7.05 Å². The van der Waals surface area contributed by atoms with Gasteiger partial charge in [-0.3, -0.25) is 0 Å². The Balaban J connectivity index is 3.37. The van der Waals surface area contributed by atoms with E-state index in [-0.39, 0.29) is 0 Å². The van der Waals surface area contributed by atoms with Gasteiger partial charge in [-0.25, -0.2) is 0 Å². The van der Waals surface area contributed by atoms with Gasteiger partial charge in [0.2, 0.25) is 7.41 Å². The highest BCUT2D eigenvalue weighted by atomic mass is 14.7. The molecule has 0 heterocycles. The predicted octanol–water partition coefficient (Wildman–Crippen LogP) is 1.43. The van der Waals surface area contributed by atoms with Crippen molar-refractivity contribution in [2.45, 2.75) is 32.5 Å². The quantitative estimate of drug-likeness (QED) is 0.544. The first-order valence-corrected chi connectivity index (χ1v) is 3.14. The Kier molecular flexibility index (Phi) is 3.14. The molecule has 0 aromatic carbocycles. The average Bonchev–Trinajstić information content (AvgIpc) is 1.67. The Bertz CT molecular complexity index is 61.5. The van der Waals surface area contributed by atoms with Gasteiger partial charge in [-0.15, -0.1) is 0 Å². The maximum atomic E-state index is 3.03. The summed E-state index contributed by atoms with van der Waals surface area (Å²) in [5.74, 6) is 0. The van der Waals surface area contributed by atoms with Crippen molar-refractivity contribution in [1.29, 1.82) is 0 Å². The van der Waals surface area contributed by atoms with Crippen LogP contribution in [-0.2, 0) is 0 Å². The SMILES string of the molecule is CCC(C)(C)[B]NC. The lowest BCUT2D eigenvalue weighted by molar-refractivity contribution is 0.635. The summed E-state index contributed by atoms with van der Waals surface area (Å²) >= 11 is 0. The van der Waals surface area contributed by atoms with Gasteiger partial charge >= 0.3 is 0 Å². The van der Waals surface area contributed by atoms with Gasteiger partial charge in [0.05, 0.1) is 0 Å². The van der Waals surface area contributed by atoms with E-state index in [0.717, 1.165) is 0 Å². The third-order valence-electron chi connectivity index (χ3n) is 1.45. The normalized spacial score (nSPS) is 11.5. The number of hydrogen-bond donors (Lipinski definition) is 1. The summed E-state index contributed by atoms with van der Waals surface area (Å²) < 4.78 is 0. The van der Waals surface area contributed by atoms with E-state index in [4.69, 9.17) is 0 Å². The van der Waals surface area contributed by atoms with E-state index < -0.39 is 0 Å². The molecule has 1 nitrogen and oxygen atoms in total. The highest BCUT2D eigenvalue weighted by molar-refractivity contribution is 6.36. The third-order valence-corrected chi connectivity index (χ3v) is 1.45. The maximum Gasteiger partial charge on any atom is 0.211 e. The maximum absolute atomic E-state index is 3.03. The summed E-state index contributed by atoms with van der Waals surface area (Å²) in [6, 6.07) is 0. The van der Waals surface area contributed by atoms with Crippen LogP contribution in [0, 0.1) is 0 Å². The lowest BCUT2D eigenvalue weighted by Gasteiger charge is -2.19. The molecule has 0 unspecified atom stereocenters. The summed E-state index contributed by atoms with van der Waals surface area (Å²) in [6.45, 7) is 6.61. The van der Waals surface area contributed by atoms with Gasteiger partial charge in [-0.2, -0.15) is 0 Å². The van der Waals surface area contributed by atoms with Crippen LogP contribution in [0.1, 0.15) is 27.2 Å². The molecule has 0 aromatic rings. The molecule has 0 aliphatic heterocycles. The fourth-order valence-corrected chi connectivity index (χ4v) is 0.493. The van der Waals surface area contributed by atoms with Crippen LogP contribution in [0.5, 0.6) is 0 Å². The second-order valence-corrected chi connectivity index (χ2v) is 2.78. The first kappa shape index (κ1) is 8.02. The lowest BCUT2D eigenvalue weighted by atomic mass is 9.62. The Morgan fingerprint density at radius 3 is 2.12 bits per heavy atom. The van der Waals surface area contributed by atoms with Crippen molar-refractivity contribution in [2.24, 2.45) is 0 Å². The zero-order valence-corrected chi connectivity index (χ0v) is 6.28. The smallest absolute Gasteiger partial charge is 0.211 e. The fourth-order valence-electron chi connectivity index (χ4n) is 0.493. The molecule has 0 amide bonds. The van der Waals surface area contributed by atoms with Crippen molar-refractivity contribution in [3.63, 3.8) is 0 Å². The fraction of sp³-hybridized carbons (Fsp3) is 1.00. The van der Waals surface area contributed by atoms with Crippen molar-refractivity contribution >= 4 is 7.41 Å². The van der Waals surface area contributed by atoms with Gasteiger partial charge in [0.25, 0.3) is 0 Å². The highest BCUT2D eigenvalue weighted by Gasteiger charge is 2.14. The molecule has 8 heavy (non-hydrogen) atoms. The van der Waals surface area contributed by atoms with Crippen LogP contribution < -0.4 is 5.23 Å². The van der Waals surface area contributed by atoms with E-state index in [1.165, 1.54) is 6.42 Å². The van der Waals surface area contributed by atoms with Crippen molar-refractivity contribution < 1.29 is 0 Å². The molecule has 0 aromatic heterocycles. The van der Waals surface area contributed by atoms with Crippen LogP contribution in [0.15, 0.2) is 0 Å². The highest BCUT2D eigenvalue weighted by Crippen LogP contribution is 2.24. The Morgan fingerprint density at radius 2 is 2.00 bits per heavy atom. The van der Waals surface area contributed by atoms with E-state index in [9.17, 15) is 0 Å². The van der Waals surface area contributed by atoms with Crippen LogP contribution in [0.4, 0.5) is 0 Å². The van der Waals surface area contributed by atoms with E-state index >= 15 is 0 Å². The molecular weight excluding hydrogens is 96.9 g/mol. The number of hydrogen-bond acceptors (Lipinski definition) is 1. The van der Waals surface area contributed by atoms with Gasteiger partial charge < -0.3 is 5.23 Å². The molecule has 0 fully saturated rings. The van der Waals surface area contributed by atoms with Crippen molar-refractivity contribution in [3.05, 3.63) is 0 Å². The molecule has 47 valence electrons. The molecule has 0 rings (SSSR count). The minimum absolute atomic E-state index is 0.356. The first-order valence-electron chi connectivity index (χ1n) is 3.14. The molecule has 0 saturated carbocycles. The van der Waals surface area contributed by atoms with E-state index in [2.05, 4.69) is 33.4 Å². The summed E-state index contributed by atoms with van der Waals surface area (Å²) in [7, 11) is 4.06. The molecule has 0 bridgehead atoms. The molecule has 1 N–H and O–H groups in total. The van der Waals surface area contributed by atoms with E-state index in [1.54, 1.807) is 0 Å². The van der Waals surface area contributed by atoms with Crippen LogP contribution >= 0.6 is 0 Å². The first-order chi connectivity index (χ1) is 3.62. The van der Waals surface area contributed by atoms with Gasteiger partial charge in [-0.05, 0) is 12.4 Å². The van der Waals surface area contributed by atoms with E-state index in [0.29, 0.717) is 5.31 Å². The van der Waals surface area contributed by atoms with Gasteiger partial charge in [0.15, 0.2) is 0 Å². The molecule has 0 saturated heterocycles. The zero-order valence-electron chi connectivity index (χ0n) is 6.28. The van der Waals surface area contributed by atoms with Crippen LogP contribution in [0.2, 0.25) is 5.31 Å². The third kappa shape index (κ3) is 3.08. The van der Waals surface area contributed by atoms with Gasteiger partial charge in [0, 0.05) is 0 Å². The second-order valence-electron chi connectivity index (χ2n) is 2.78. The minimum Gasteiger partial charge on any atom is -0.363 e. The molecule has 2 heteroatoms. The van der Waals surface area contributed by atoms with Gasteiger partial charge in [-0.1, -0.05) is 27.2 Å². The molecular formula is C6H15BN. The molecule has 0 aliphatic rings. The summed E-state index contributed by atoms with van der Waals surface area (Å²) in [5.41, 5.74) is 0. The lowest BCUT2D eigenvalue weighted by Crippen LogP contribution is -2.24. The summed E-state index contributed by atoms with van der Waals surface area (Å²) in [6.07, 6.45) is 1.19. The molecule has 0 atom stereocenters. The molecule has 1 radical (unpaired) electrons. The second kappa shape index (κ2) is 3.13. The van der Waals surface area contributed by atoms with Crippen LogP contribution in [-0.4, -0.2) is 14.5 Å². The van der Waals surface area contributed by atoms with Gasteiger partial charge in [0.1, 0.15) is 0 Å². The topological polar surface area (TPSA) is 12.0 Å². The number of rotatable bonds is 3. The minimum atomic E-state index is 0.356. The standard InChI is InChI=1S/C6H15BN/c1-5-6(2,3)7-8-4/h8H,5H2,1-4H3. The van der Waals surface area contributed by atoms with E-state index in [1.807, 2.05) is 7.05 Å². The Labute approximate surface area is 53.1 Å². The summed E-state index contributed by atoms with van der Waals surface area (Å²) in [5, 5.41) is 3.39. The largest absolute Gasteiger partial charge is 0.363 e. The predicted molar refractivity (Wildman–Crippen MR) is 39.1 cm³/mol.